The van der Waals surface area contributed by atoms with E-state index >= 15 is 0 Å². The summed E-state index contributed by atoms with van der Waals surface area (Å²) >= 11 is 0. The number of hydrogen-bond donors (Lipinski definition) is 6. The van der Waals surface area contributed by atoms with Gasteiger partial charge in [-0.05, 0) is 340 Å². The molecule has 0 saturated carbocycles. The Labute approximate surface area is 687 Å². The van der Waals surface area contributed by atoms with Gasteiger partial charge in [-0.2, -0.15) is 0 Å². The average molecular weight is 1610 g/mol. The Hall–Kier alpha value is -10.7. The molecule has 0 bridgehead atoms. The van der Waals surface area contributed by atoms with Crippen molar-refractivity contribution < 1.29 is 53.4 Å². The molecule has 0 aliphatic heterocycles. The van der Waals surface area contributed by atoms with Crippen LogP contribution in [0.4, 0.5) is 43.9 Å². The lowest BCUT2D eigenvalue weighted by Crippen LogP contribution is -2.16. The Balaban J connectivity index is 0.000000139. The molecule has 10 N–H and O–H groups in total. The van der Waals surface area contributed by atoms with E-state index in [1.54, 1.807) is 78.9 Å². The topological polar surface area (TPSA) is 147 Å². The molecule has 0 saturated heterocycles. The predicted molar refractivity (Wildman–Crippen MR) is 452 cm³/mol. The molecular formula is C100H104F10N6O2. The van der Waals surface area contributed by atoms with Crippen LogP contribution in [0.25, 0.3) is 0 Å². The van der Waals surface area contributed by atoms with Crippen molar-refractivity contribution in [2.75, 3.05) is 53.4 Å². The molecule has 0 fully saturated rings. The predicted octanol–water partition coefficient (Wildman–Crippen LogP) is 21.3. The number of hydrogen-bond acceptors (Lipinski definition) is 8. The van der Waals surface area contributed by atoms with Crippen LogP contribution in [-0.2, 0) is 51.4 Å². The summed E-state index contributed by atoms with van der Waals surface area (Å²) in [5.74, 6) is -1.14. The molecule has 3 unspecified atom stereocenters. The van der Waals surface area contributed by atoms with Crippen LogP contribution in [0.5, 0.6) is 11.5 Å². The summed E-state index contributed by atoms with van der Waals surface area (Å²) in [4.78, 5) is 0. The fourth-order valence-electron chi connectivity index (χ4n) is 16.6. The van der Waals surface area contributed by atoms with Crippen molar-refractivity contribution in [3.05, 3.63) is 413 Å². The van der Waals surface area contributed by atoms with Gasteiger partial charge in [0, 0.05) is 48.6 Å². The van der Waals surface area contributed by atoms with Crippen LogP contribution < -0.4 is 43.0 Å². The molecule has 0 spiro atoms. The Morgan fingerprint density at radius 3 is 0.881 bits per heavy atom. The first-order valence-electron chi connectivity index (χ1n) is 40.7. The lowest BCUT2D eigenvalue weighted by Gasteiger charge is -2.20. The molecule has 5 atom stereocenters. The van der Waals surface area contributed by atoms with Gasteiger partial charge in [0.2, 0.25) is 0 Å². The van der Waals surface area contributed by atoms with Crippen LogP contribution in [0.15, 0.2) is 255 Å². The van der Waals surface area contributed by atoms with E-state index < -0.39 is 0 Å². The fourth-order valence-corrected chi connectivity index (χ4v) is 16.6. The summed E-state index contributed by atoms with van der Waals surface area (Å²) in [7, 11) is 3.68. The second-order valence-electron chi connectivity index (χ2n) is 29.9. The van der Waals surface area contributed by atoms with Crippen molar-refractivity contribution >= 4 is 0 Å². The fraction of sp³-hybridized carbons (Fsp3) is 0.280. The van der Waals surface area contributed by atoms with Crippen molar-refractivity contribution in [2.45, 2.75) is 126 Å². The van der Waals surface area contributed by atoms with Gasteiger partial charge >= 0.3 is 0 Å². The van der Waals surface area contributed by atoms with E-state index in [0.717, 1.165) is 143 Å². The van der Waals surface area contributed by atoms with Crippen LogP contribution in [0.1, 0.15) is 175 Å². The van der Waals surface area contributed by atoms with Crippen LogP contribution in [-0.4, -0.2) is 53.4 Å². The van der Waals surface area contributed by atoms with Crippen molar-refractivity contribution in [1.29, 1.82) is 0 Å². The molecule has 12 aromatic rings. The number of nitrogens with two attached hydrogens (primary N) is 4. The third kappa shape index (κ3) is 23.8. The lowest BCUT2D eigenvalue weighted by molar-refractivity contribution is 0.193. The number of fused-ring (bicyclic) bond motifs is 8. The molecule has 0 radical (unpaired) electrons. The molecule has 0 amide bonds. The number of aryl methyl sites for hydroxylation is 6. The Morgan fingerprint density at radius 1 is 0.280 bits per heavy atom. The van der Waals surface area contributed by atoms with E-state index in [-0.39, 0.29) is 94.1 Å². The third-order valence-electron chi connectivity index (χ3n) is 22.2. The SMILES string of the molecule is CNCC[C@@H](Oc1cccc(F)c1)c1cccc(F)c1.CNCC[C@H](Oc1cccc(F)c1)c1cccc(F)c1.NCCC1c2cc(F)ccc2CCc2c(F)cccc21.NCCC1c2cc(F)ccc2CCc2ccc(F)cc21.NCCC1c2ccccc2CCc2c(F)cccc21.NCCC1c2ccccc2CCc2ccc(F)cc21. The van der Waals surface area contributed by atoms with Crippen molar-refractivity contribution in [3.8, 4) is 11.5 Å². The maximum absolute atomic E-state index is 14.1. The number of ether oxygens (including phenoxy) is 2. The number of halogens is 10. The van der Waals surface area contributed by atoms with E-state index in [4.69, 9.17) is 32.4 Å². The quantitative estimate of drug-likeness (QED) is 0.0414. The minimum absolute atomic E-state index is 0.0149. The van der Waals surface area contributed by atoms with Gasteiger partial charge in [0.1, 0.15) is 81.9 Å². The Kier molecular flexibility index (Phi) is 33.0. The number of benzene rings is 12. The van der Waals surface area contributed by atoms with Crippen molar-refractivity contribution in [2.24, 2.45) is 22.9 Å². The Bertz CT molecular complexity index is 5040. The summed E-state index contributed by atoms with van der Waals surface area (Å²) in [5.41, 5.74) is 42.1. The first-order chi connectivity index (χ1) is 57.4. The molecule has 8 nitrogen and oxygen atoms in total. The summed E-state index contributed by atoms with van der Waals surface area (Å²) < 4.78 is 147. The van der Waals surface area contributed by atoms with Crippen LogP contribution in [0, 0.1) is 58.2 Å². The summed E-state index contributed by atoms with van der Waals surface area (Å²) in [5, 5.41) is 6.06. The highest BCUT2D eigenvalue weighted by Crippen LogP contribution is 2.42. The van der Waals surface area contributed by atoms with Gasteiger partial charge in [0.25, 0.3) is 0 Å². The van der Waals surface area contributed by atoms with Gasteiger partial charge in [-0.1, -0.05) is 133 Å². The van der Waals surface area contributed by atoms with Gasteiger partial charge in [0.05, 0.1) is 0 Å². The van der Waals surface area contributed by atoms with E-state index in [1.807, 2.05) is 62.6 Å². The highest BCUT2D eigenvalue weighted by molar-refractivity contribution is 5.50. The zero-order valence-electron chi connectivity index (χ0n) is 66.8. The zero-order chi connectivity index (χ0) is 83.5. The second-order valence-corrected chi connectivity index (χ2v) is 29.9. The largest absolute Gasteiger partial charge is 0.486 e. The zero-order valence-corrected chi connectivity index (χ0v) is 66.8. The molecule has 4 aliphatic carbocycles. The highest BCUT2D eigenvalue weighted by atomic mass is 19.2. The van der Waals surface area contributed by atoms with Gasteiger partial charge in [-0.15, -0.1) is 0 Å². The maximum Gasteiger partial charge on any atom is 0.126 e. The van der Waals surface area contributed by atoms with Gasteiger partial charge in [-0.3, -0.25) is 0 Å². The van der Waals surface area contributed by atoms with Crippen molar-refractivity contribution in [3.63, 3.8) is 0 Å². The molecule has 12 aromatic carbocycles. The van der Waals surface area contributed by atoms with E-state index in [1.165, 1.54) is 101 Å². The number of rotatable bonds is 20. The molecule has 118 heavy (non-hydrogen) atoms. The van der Waals surface area contributed by atoms with Gasteiger partial charge < -0.3 is 43.0 Å². The Morgan fingerprint density at radius 2 is 0.551 bits per heavy atom. The lowest BCUT2D eigenvalue weighted by atomic mass is 9.85. The van der Waals surface area contributed by atoms with Crippen LogP contribution in [0.3, 0.4) is 0 Å². The molecular weight excluding hydrogens is 1510 g/mol. The first-order valence-corrected chi connectivity index (χ1v) is 40.7. The third-order valence-corrected chi connectivity index (χ3v) is 22.2. The summed E-state index contributed by atoms with van der Waals surface area (Å²) in [6, 6.07) is 71.9. The van der Waals surface area contributed by atoms with Crippen LogP contribution in [0.2, 0.25) is 0 Å². The number of nitrogens with one attached hydrogen (secondary N) is 2. The molecule has 0 aromatic heterocycles. The molecule has 18 heteroatoms. The smallest absolute Gasteiger partial charge is 0.126 e. The minimum atomic E-state index is -0.353. The summed E-state index contributed by atoms with van der Waals surface area (Å²) in [6.45, 7) is 3.67. The van der Waals surface area contributed by atoms with Gasteiger partial charge in [-0.25, -0.2) is 43.9 Å². The highest BCUT2D eigenvalue weighted by Gasteiger charge is 2.30. The van der Waals surface area contributed by atoms with Crippen LogP contribution >= 0.6 is 0 Å². The minimum Gasteiger partial charge on any atom is -0.486 e. The molecule has 16 rings (SSSR count). The summed E-state index contributed by atoms with van der Waals surface area (Å²) in [6.07, 6.45) is 10.6. The average Bonchev–Trinajstić information content (AvgIpc) is 1.64. The van der Waals surface area contributed by atoms with Crippen molar-refractivity contribution in [1.82, 2.24) is 10.6 Å². The first kappa shape index (κ1) is 88.1. The van der Waals surface area contributed by atoms with E-state index in [2.05, 4.69) is 65.2 Å². The molecule has 4 aliphatic rings. The second kappa shape index (κ2) is 44.2. The molecule has 616 valence electrons. The monoisotopic (exact) mass is 1610 g/mol. The maximum atomic E-state index is 14.1. The van der Waals surface area contributed by atoms with E-state index in [9.17, 15) is 43.9 Å². The standard InChI is InChI=1S/2C17H17F2N.2C17H18FN.2C16H17F2NO/c18-13-5-3-11-1-2-12-4-6-14(19)10-17(12)15(7-8-20)16(11)9-13;18-12-6-4-11-5-7-15-13(2-1-3-17(15)19)14(8-9-20)16(11)10-12;18-17-7-3-6-14-15(10-11-19)13-5-2-1-4-12(13)8-9-16(14)17;18-14-8-7-13-6-5-12-3-1-2-4-15(12)16(9-10-19)17(13)11-14;2*1-19-9-8-16(12-4-2-5-13(17)10-12)20-15-7-3-6-14(18)11-15/h3-6,9-10,15H,1-2,7-8,20H2;1-4,6,10,14H,5,7-9,20H2;1-7,15H,8-11,19H2;1-4,7-8,11,16H,5-6,9-10,19H2;2*2-7,10-11,16,19H,8-9H2,1H3/t;;;;2*16-/m....10/s1. The molecule has 0 heterocycles. The normalized spacial score (nSPS) is 15.1. The van der Waals surface area contributed by atoms with E-state index in [0.29, 0.717) is 69.8 Å². The van der Waals surface area contributed by atoms with Gasteiger partial charge in [0.15, 0.2) is 0 Å².